The standard InChI is InChI=1S/C20H25N5O3/c1-3-27-15-11-9-14(10-12-15)18-17(13(2)21-20-22-23-24-25(18)20)19(26)28-16-7-5-4-6-8-16/h9-12,16,18H,3-8H2,1-2H3,(H,21,22,24)/t18-/m1/s1. The molecule has 0 saturated heterocycles. The van der Waals surface area contributed by atoms with E-state index < -0.39 is 6.04 Å². The fourth-order valence-electron chi connectivity index (χ4n) is 3.90. The van der Waals surface area contributed by atoms with Crippen LogP contribution in [0.25, 0.3) is 0 Å². The predicted octanol–water partition coefficient (Wildman–Crippen LogP) is 3.24. The lowest BCUT2D eigenvalue weighted by molar-refractivity contribution is -0.146. The van der Waals surface area contributed by atoms with Gasteiger partial charge in [0.25, 0.3) is 0 Å². The topological polar surface area (TPSA) is 91.2 Å². The van der Waals surface area contributed by atoms with Crippen LogP contribution in [-0.4, -0.2) is 38.9 Å². The molecule has 1 aliphatic carbocycles. The van der Waals surface area contributed by atoms with E-state index in [0.29, 0.717) is 23.8 Å². The molecular formula is C20H25N5O3. The van der Waals surface area contributed by atoms with Crippen LogP contribution in [0.1, 0.15) is 57.6 Å². The van der Waals surface area contributed by atoms with Gasteiger partial charge in [-0.1, -0.05) is 23.7 Å². The number of rotatable bonds is 5. The molecule has 1 saturated carbocycles. The van der Waals surface area contributed by atoms with E-state index in [1.807, 2.05) is 38.1 Å². The second kappa shape index (κ2) is 8.00. The molecule has 1 aromatic carbocycles. The Morgan fingerprint density at radius 2 is 1.96 bits per heavy atom. The van der Waals surface area contributed by atoms with Gasteiger partial charge in [0.15, 0.2) is 0 Å². The number of carbonyl (C=O) groups excluding carboxylic acids is 1. The Labute approximate surface area is 163 Å². The van der Waals surface area contributed by atoms with Crippen LogP contribution in [0.2, 0.25) is 0 Å². The molecule has 0 bridgehead atoms. The van der Waals surface area contributed by atoms with Crippen LogP contribution in [0.3, 0.4) is 0 Å². The zero-order valence-electron chi connectivity index (χ0n) is 16.2. The first-order chi connectivity index (χ1) is 13.7. The Balaban J connectivity index is 1.66. The Kier molecular flexibility index (Phi) is 5.27. The molecule has 1 fully saturated rings. The highest BCUT2D eigenvalue weighted by Gasteiger charge is 2.36. The van der Waals surface area contributed by atoms with E-state index >= 15 is 0 Å². The summed E-state index contributed by atoms with van der Waals surface area (Å²) in [7, 11) is 0. The maximum absolute atomic E-state index is 13.1. The number of benzene rings is 1. The number of hydrogen-bond donors (Lipinski definition) is 1. The number of tetrazole rings is 1. The second-order valence-corrected chi connectivity index (χ2v) is 7.18. The molecule has 2 aromatic rings. The highest BCUT2D eigenvalue weighted by molar-refractivity contribution is 5.92. The Morgan fingerprint density at radius 1 is 1.21 bits per heavy atom. The number of ether oxygens (including phenoxy) is 2. The summed E-state index contributed by atoms with van der Waals surface area (Å²) in [6.45, 7) is 4.40. The van der Waals surface area contributed by atoms with Crippen LogP contribution in [0, 0.1) is 0 Å². The molecule has 1 N–H and O–H groups in total. The lowest BCUT2D eigenvalue weighted by Crippen LogP contribution is -2.32. The number of carbonyl (C=O) groups is 1. The summed E-state index contributed by atoms with van der Waals surface area (Å²) in [6, 6.07) is 7.22. The number of nitrogens with one attached hydrogen (secondary N) is 1. The molecule has 2 aliphatic rings. The smallest absolute Gasteiger partial charge is 0.338 e. The third kappa shape index (κ3) is 3.58. The number of fused-ring (bicyclic) bond motifs is 1. The second-order valence-electron chi connectivity index (χ2n) is 7.18. The minimum atomic E-state index is -0.446. The number of esters is 1. The van der Waals surface area contributed by atoms with Crippen molar-refractivity contribution in [2.45, 2.75) is 58.1 Å². The predicted molar refractivity (Wildman–Crippen MR) is 103 cm³/mol. The molecule has 148 valence electrons. The monoisotopic (exact) mass is 383 g/mol. The molecule has 28 heavy (non-hydrogen) atoms. The number of aromatic nitrogens is 4. The minimum absolute atomic E-state index is 0.0159. The van der Waals surface area contributed by atoms with Gasteiger partial charge in [-0.25, -0.2) is 4.79 Å². The lowest BCUT2D eigenvalue weighted by Gasteiger charge is -2.29. The average molecular weight is 383 g/mol. The Hall–Kier alpha value is -2.90. The minimum Gasteiger partial charge on any atom is -0.494 e. The zero-order chi connectivity index (χ0) is 19.5. The summed E-state index contributed by atoms with van der Waals surface area (Å²) in [4.78, 5) is 13.1. The number of anilines is 1. The van der Waals surface area contributed by atoms with Crippen molar-refractivity contribution >= 4 is 11.9 Å². The Morgan fingerprint density at radius 3 is 2.68 bits per heavy atom. The molecule has 1 aromatic heterocycles. The third-order valence-corrected chi connectivity index (χ3v) is 5.27. The zero-order valence-corrected chi connectivity index (χ0v) is 16.2. The van der Waals surface area contributed by atoms with Gasteiger partial charge < -0.3 is 14.8 Å². The van der Waals surface area contributed by atoms with Crippen LogP contribution >= 0.6 is 0 Å². The van der Waals surface area contributed by atoms with E-state index in [1.54, 1.807) is 4.68 Å². The van der Waals surface area contributed by atoms with E-state index in [4.69, 9.17) is 9.47 Å². The number of hydrogen-bond acceptors (Lipinski definition) is 7. The molecule has 0 spiro atoms. The summed E-state index contributed by atoms with van der Waals surface area (Å²) in [5, 5.41) is 15.0. The maximum Gasteiger partial charge on any atom is 0.338 e. The van der Waals surface area contributed by atoms with Crippen LogP contribution in [0.5, 0.6) is 5.75 Å². The van der Waals surface area contributed by atoms with Crippen molar-refractivity contribution in [1.29, 1.82) is 0 Å². The van der Waals surface area contributed by atoms with Gasteiger partial charge in [0.05, 0.1) is 12.2 Å². The van der Waals surface area contributed by atoms with E-state index in [1.165, 1.54) is 6.42 Å². The first kappa shape index (κ1) is 18.5. The van der Waals surface area contributed by atoms with E-state index in [9.17, 15) is 4.79 Å². The van der Waals surface area contributed by atoms with Crippen LogP contribution in [0.15, 0.2) is 35.5 Å². The maximum atomic E-state index is 13.1. The van der Waals surface area contributed by atoms with Gasteiger partial charge in [-0.2, -0.15) is 4.68 Å². The summed E-state index contributed by atoms with van der Waals surface area (Å²) >= 11 is 0. The van der Waals surface area contributed by atoms with Crippen molar-refractivity contribution in [3.63, 3.8) is 0 Å². The fraction of sp³-hybridized carbons (Fsp3) is 0.500. The quantitative estimate of drug-likeness (QED) is 0.793. The normalized spacial score (nSPS) is 19.7. The SMILES string of the molecule is CCOc1ccc([C@@H]2C(C(=O)OC3CCCCC3)=C(C)Nc3nnnn32)cc1. The average Bonchev–Trinajstić information content (AvgIpc) is 3.16. The van der Waals surface area contributed by atoms with Gasteiger partial charge in [-0.05, 0) is 67.7 Å². The molecule has 8 nitrogen and oxygen atoms in total. The van der Waals surface area contributed by atoms with Gasteiger partial charge >= 0.3 is 5.97 Å². The van der Waals surface area contributed by atoms with E-state index in [-0.39, 0.29) is 12.1 Å². The molecule has 8 heteroatoms. The molecule has 0 amide bonds. The van der Waals surface area contributed by atoms with Crippen molar-refractivity contribution in [3.05, 3.63) is 41.1 Å². The van der Waals surface area contributed by atoms with Crippen molar-refractivity contribution < 1.29 is 14.3 Å². The van der Waals surface area contributed by atoms with Gasteiger partial charge in [0, 0.05) is 5.70 Å². The van der Waals surface area contributed by atoms with Crippen LogP contribution < -0.4 is 10.1 Å². The summed E-state index contributed by atoms with van der Waals surface area (Å²) in [5.41, 5.74) is 2.14. The van der Waals surface area contributed by atoms with Crippen molar-refractivity contribution in [3.8, 4) is 5.75 Å². The summed E-state index contributed by atoms with van der Waals surface area (Å²) in [5.74, 6) is 0.978. The number of nitrogens with zero attached hydrogens (tertiary/aromatic N) is 4. The van der Waals surface area contributed by atoms with E-state index in [2.05, 4.69) is 20.8 Å². The molecule has 0 radical (unpaired) electrons. The Bertz CT molecular complexity index is 868. The van der Waals surface area contributed by atoms with Gasteiger partial charge in [-0.15, -0.1) is 0 Å². The van der Waals surface area contributed by atoms with E-state index in [0.717, 1.165) is 37.0 Å². The first-order valence-corrected chi connectivity index (χ1v) is 9.86. The van der Waals surface area contributed by atoms with Gasteiger partial charge in [0.1, 0.15) is 17.9 Å². The fourth-order valence-corrected chi connectivity index (χ4v) is 3.90. The third-order valence-electron chi connectivity index (χ3n) is 5.27. The van der Waals surface area contributed by atoms with Crippen molar-refractivity contribution in [2.24, 2.45) is 0 Å². The largest absolute Gasteiger partial charge is 0.494 e. The number of allylic oxidation sites excluding steroid dienone is 1. The summed E-state index contributed by atoms with van der Waals surface area (Å²) < 4.78 is 13.0. The highest BCUT2D eigenvalue weighted by atomic mass is 16.5. The van der Waals surface area contributed by atoms with Crippen LogP contribution in [0.4, 0.5) is 5.95 Å². The molecule has 4 rings (SSSR count). The molecule has 1 atom stereocenters. The van der Waals surface area contributed by atoms with Crippen molar-refractivity contribution in [1.82, 2.24) is 20.2 Å². The van der Waals surface area contributed by atoms with Gasteiger partial charge in [-0.3, -0.25) is 0 Å². The first-order valence-electron chi connectivity index (χ1n) is 9.86. The highest BCUT2D eigenvalue weighted by Crippen LogP contribution is 2.36. The molecule has 2 heterocycles. The lowest BCUT2D eigenvalue weighted by atomic mass is 9.95. The van der Waals surface area contributed by atoms with Crippen LogP contribution in [-0.2, 0) is 9.53 Å². The molecule has 1 aliphatic heterocycles. The van der Waals surface area contributed by atoms with Crippen molar-refractivity contribution in [2.75, 3.05) is 11.9 Å². The van der Waals surface area contributed by atoms with Gasteiger partial charge in [0.2, 0.25) is 5.95 Å². The molecular weight excluding hydrogens is 358 g/mol. The molecule has 0 unspecified atom stereocenters. The summed E-state index contributed by atoms with van der Waals surface area (Å²) in [6.07, 6.45) is 5.25.